The Balaban J connectivity index is 2.01. The third-order valence-corrected chi connectivity index (χ3v) is 6.37. The molecule has 0 spiro atoms. The predicted octanol–water partition coefficient (Wildman–Crippen LogP) is 0.723. The van der Waals surface area contributed by atoms with E-state index in [0.717, 1.165) is 0 Å². The molecule has 0 aromatic carbocycles. The lowest BCUT2D eigenvalue weighted by Crippen LogP contribution is -2.49. The Morgan fingerprint density at radius 1 is 1.30 bits per heavy atom. The molecule has 0 radical (unpaired) electrons. The van der Waals surface area contributed by atoms with Crippen LogP contribution in [0.2, 0.25) is 0 Å². The first-order valence-electron chi connectivity index (χ1n) is 8.93. The Morgan fingerprint density at radius 3 is 2.52 bits per heavy atom. The van der Waals surface area contributed by atoms with E-state index in [1.165, 1.54) is 4.31 Å². The largest absolute Gasteiger partial charge is 0.360 e. The van der Waals surface area contributed by atoms with Gasteiger partial charge in [-0.1, -0.05) is 5.16 Å². The van der Waals surface area contributed by atoms with E-state index in [-0.39, 0.29) is 41.1 Å². The lowest BCUT2D eigenvalue weighted by molar-refractivity contribution is -0.129. The SMILES string of the molecule is Cc1noc(C)c1S(=O)(=O)N1CCCC(C(=O)NCC(=O)NC(C)(C)C)C1. The van der Waals surface area contributed by atoms with Crippen molar-refractivity contribution in [3.8, 4) is 0 Å². The standard InChI is InChI=1S/C17H28N4O5S/c1-11-15(12(2)26-20-11)27(24,25)21-8-6-7-13(10-21)16(23)18-9-14(22)19-17(3,4)5/h13H,6-10H2,1-5H3,(H,18,23)(H,19,22). The first kappa shape index (κ1) is 21.4. The first-order chi connectivity index (χ1) is 12.4. The van der Waals surface area contributed by atoms with Crippen LogP contribution < -0.4 is 10.6 Å². The Bertz CT molecular complexity index is 790. The normalized spacial score (nSPS) is 18.9. The minimum absolute atomic E-state index is 0.0631. The number of hydrogen-bond donors (Lipinski definition) is 2. The zero-order valence-corrected chi connectivity index (χ0v) is 17.3. The van der Waals surface area contributed by atoms with Crippen LogP contribution in [0.25, 0.3) is 0 Å². The van der Waals surface area contributed by atoms with Gasteiger partial charge in [-0.25, -0.2) is 8.42 Å². The first-order valence-corrected chi connectivity index (χ1v) is 10.4. The third-order valence-electron chi connectivity index (χ3n) is 4.26. The minimum atomic E-state index is -3.78. The number of rotatable bonds is 5. The number of hydrogen-bond acceptors (Lipinski definition) is 6. The molecule has 2 N–H and O–H groups in total. The molecule has 2 rings (SSSR count). The van der Waals surface area contributed by atoms with E-state index in [0.29, 0.717) is 25.1 Å². The van der Waals surface area contributed by atoms with Crippen molar-refractivity contribution in [3.05, 3.63) is 11.5 Å². The summed E-state index contributed by atoms with van der Waals surface area (Å²) in [6.45, 7) is 8.95. The van der Waals surface area contributed by atoms with Crippen LogP contribution in [0.3, 0.4) is 0 Å². The Labute approximate surface area is 159 Å². The van der Waals surface area contributed by atoms with Crippen LogP contribution in [-0.4, -0.2) is 54.9 Å². The molecule has 2 heterocycles. The van der Waals surface area contributed by atoms with Gasteiger partial charge in [-0.2, -0.15) is 4.31 Å². The molecular weight excluding hydrogens is 372 g/mol. The van der Waals surface area contributed by atoms with E-state index in [1.807, 2.05) is 20.8 Å². The van der Waals surface area contributed by atoms with Crippen molar-refractivity contribution in [2.24, 2.45) is 5.92 Å². The fourth-order valence-corrected chi connectivity index (χ4v) is 4.94. The van der Waals surface area contributed by atoms with Crippen LogP contribution in [0.5, 0.6) is 0 Å². The average Bonchev–Trinajstić information content (AvgIpc) is 2.90. The summed E-state index contributed by atoms with van der Waals surface area (Å²) in [5.74, 6) is -0.876. The monoisotopic (exact) mass is 400 g/mol. The molecule has 1 aromatic rings. The number of carbonyl (C=O) groups excluding carboxylic acids is 2. The number of amides is 2. The number of nitrogens with one attached hydrogen (secondary N) is 2. The van der Waals surface area contributed by atoms with Crippen molar-refractivity contribution in [1.29, 1.82) is 0 Å². The van der Waals surface area contributed by atoms with Gasteiger partial charge in [0.2, 0.25) is 21.8 Å². The highest BCUT2D eigenvalue weighted by Crippen LogP contribution is 2.27. The number of aryl methyl sites for hydroxylation is 2. The summed E-state index contributed by atoms with van der Waals surface area (Å²) >= 11 is 0. The van der Waals surface area contributed by atoms with E-state index < -0.39 is 15.9 Å². The molecule has 1 aliphatic rings. The van der Waals surface area contributed by atoms with Gasteiger partial charge < -0.3 is 15.2 Å². The summed E-state index contributed by atoms with van der Waals surface area (Å²) in [4.78, 5) is 24.3. The molecule has 1 aromatic heterocycles. The molecule has 0 saturated carbocycles. The second kappa shape index (κ2) is 7.97. The zero-order valence-electron chi connectivity index (χ0n) is 16.5. The van der Waals surface area contributed by atoms with Crippen molar-refractivity contribution in [2.45, 2.75) is 57.9 Å². The highest BCUT2D eigenvalue weighted by molar-refractivity contribution is 7.89. The van der Waals surface area contributed by atoms with Gasteiger partial charge in [0.15, 0.2) is 5.76 Å². The molecule has 152 valence electrons. The topological polar surface area (TPSA) is 122 Å². The molecule has 0 bridgehead atoms. The van der Waals surface area contributed by atoms with Gasteiger partial charge in [0.25, 0.3) is 0 Å². The molecule has 1 fully saturated rings. The molecule has 1 unspecified atom stereocenters. The van der Waals surface area contributed by atoms with E-state index in [1.54, 1.807) is 13.8 Å². The summed E-state index contributed by atoms with van der Waals surface area (Å²) in [5, 5.41) is 9.07. The fraction of sp³-hybridized carbons (Fsp3) is 0.706. The molecule has 1 atom stereocenters. The van der Waals surface area contributed by atoms with E-state index in [2.05, 4.69) is 15.8 Å². The highest BCUT2D eigenvalue weighted by Gasteiger charge is 2.36. The summed E-state index contributed by atoms with van der Waals surface area (Å²) in [5.41, 5.74) is -0.0794. The maximum absolute atomic E-state index is 12.9. The molecule has 27 heavy (non-hydrogen) atoms. The van der Waals surface area contributed by atoms with E-state index >= 15 is 0 Å². The van der Waals surface area contributed by atoms with Crippen LogP contribution >= 0.6 is 0 Å². The molecule has 1 saturated heterocycles. The number of aromatic nitrogens is 1. The van der Waals surface area contributed by atoms with Gasteiger partial charge in [-0.15, -0.1) is 0 Å². The van der Waals surface area contributed by atoms with Gasteiger partial charge in [-0.3, -0.25) is 9.59 Å². The Morgan fingerprint density at radius 2 is 1.96 bits per heavy atom. The van der Waals surface area contributed by atoms with Gasteiger partial charge in [-0.05, 0) is 47.5 Å². The quantitative estimate of drug-likeness (QED) is 0.751. The van der Waals surface area contributed by atoms with E-state index in [9.17, 15) is 18.0 Å². The third kappa shape index (κ3) is 5.29. The van der Waals surface area contributed by atoms with Crippen LogP contribution in [0.4, 0.5) is 0 Å². The summed E-state index contributed by atoms with van der Waals surface area (Å²) in [6, 6.07) is 0. The highest BCUT2D eigenvalue weighted by atomic mass is 32.2. The fourth-order valence-electron chi connectivity index (χ4n) is 3.12. The maximum Gasteiger partial charge on any atom is 0.248 e. The van der Waals surface area contributed by atoms with Crippen LogP contribution in [0.15, 0.2) is 9.42 Å². The van der Waals surface area contributed by atoms with Crippen molar-refractivity contribution in [1.82, 2.24) is 20.1 Å². The number of nitrogens with zero attached hydrogens (tertiary/aromatic N) is 2. The Kier molecular flexibility index (Phi) is 6.31. The summed E-state index contributed by atoms with van der Waals surface area (Å²) in [6.07, 6.45) is 1.13. The molecular formula is C17H28N4O5S. The van der Waals surface area contributed by atoms with Gasteiger partial charge in [0, 0.05) is 18.6 Å². The van der Waals surface area contributed by atoms with Crippen molar-refractivity contribution in [2.75, 3.05) is 19.6 Å². The smallest absolute Gasteiger partial charge is 0.248 e. The van der Waals surface area contributed by atoms with Crippen molar-refractivity contribution in [3.63, 3.8) is 0 Å². The van der Waals surface area contributed by atoms with Gasteiger partial charge in [0.05, 0.1) is 12.5 Å². The number of piperidine rings is 1. The number of sulfonamides is 1. The number of carbonyl (C=O) groups is 2. The summed E-state index contributed by atoms with van der Waals surface area (Å²) in [7, 11) is -3.78. The average molecular weight is 401 g/mol. The van der Waals surface area contributed by atoms with Crippen molar-refractivity contribution < 1.29 is 22.5 Å². The maximum atomic E-state index is 12.9. The lowest BCUT2D eigenvalue weighted by atomic mass is 9.99. The van der Waals surface area contributed by atoms with Crippen LogP contribution in [0.1, 0.15) is 45.1 Å². The second-order valence-electron chi connectivity index (χ2n) is 7.87. The zero-order chi connectivity index (χ0) is 20.4. The predicted molar refractivity (Wildman–Crippen MR) is 98.4 cm³/mol. The van der Waals surface area contributed by atoms with Gasteiger partial charge >= 0.3 is 0 Å². The van der Waals surface area contributed by atoms with Crippen LogP contribution in [0, 0.1) is 19.8 Å². The second-order valence-corrected chi connectivity index (χ2v) is 9.75. The molecule has 10 heteroatoms. The Hall–Kier alpha value is -1.94. The van der Waals surface area contributed by atoms with Crippen LogP contribution in [-0.2, 0) is 19.6 Å². The molecule has 9 nitrogen and oxygen atoms in total. The van der Waals surface area contributed by atoms with E-state index in [4.69, 9.17) is 4.52 Å². The lowest BCUT2D eigenvalue weighted by Gasteiger charge is -2.31. The van der Waals surface area contributed by atoms with Crippen molar-refractivity contribution >= 4 is 21.8 Å². The minimum Gasteiger partial charge on any atom is -0.360 e. The van der Waals surface area contributed by atoms with Gasteiger partial charge in [0.1, 0.15) is 10.6 Å². The molecule has 2 amide bonds. The molecule has 1 aliphatic heterocycles. The molecule has 0 aliphatic carbocycles. The summed E-state index contributed by atoms with van der Waals surface area (Å²) < 4.78 is 32.1.